The summed E-state index contributed by atoms with van der Waals surface area (Å²) in [6.45, 7) is 5.06. The number of para-hydroxylation sites is 1. The van der Waals surface area contributed by atoms with Crippen molar-refractivity contribution >= 4 is 21.6 Å². The van der Waals surface area contributed by atoms with E-state index in [0.717, 1.165) is 17.4 Å². The Labute approximate surface area is 110 Å². The van der Waals surface area contributed by atoms with Gasteiger partial charge >= 0.3 is 0 Å². The minimum atomic E-state index is -0.172. The molecule has 0 bridgehead atoms. The molecule has 4 heteroatoms. The number of piperidine rings is 1. The van der Waals surface area contributed by atoms with E-state index in [1.807, 2.05) is 6.07 Å². The highest BCUT2D eigenvalue weighted by molar-refractivity contribution is 9.10. The number of nitrogens with two attached hydrogens (primary N) is 1. The second-order valence-electron chi connectivity index (χ2n) is 4.82. The predicted molar refractivity (Wildman–Crippen MR) is 72.7 cm³/mol. The summed E-state index contributed by atoms with van der Waals surface area (Å²) in [6, 6.07) is 5.57. The maximum atomic E-state index is 13.9. The van der Waals surface area contributed by atoms with E-state index in [-0.39, 0.29) is 17.9 Å². The van der Waals surface area contributed by atoms with Gasteiger partial charge in [0, 0.05) is 23.1 Å². The zero-order chi connectivity index (χ0) is 12.6. The Balaban J connectivity index is 2.34. The maximum absolute atomic E-state index is 13.9. The fourth-order valence-corrected chi connectivity index (χ4v) is 3.04. The quantitative estimate of drug-likeness (QED) is 0.863. The lowest BCUT2D eigenvalue weighted by Gasteiger charge is -2.43. The van der Waals surface area contributed by atoms with E-state index in [1.165, 1.54) is 6.07 Å². The van der Waals surface area contributed by atoms with Crippen molar-refractivity contribution in [2.24, 2.45) is 11.7 Å². The monoisotopic (exact) mass is 300 g/mol. The number of hydrogen-bond donors (Lipinski definition) is 1. The fourth-order valence-electron chi connectivity index (χ4n) is 2.48. The number of halogens is 2. The molecule has 3 atom stereocenters. The standard InChI is InChI=1S/C13H18BrFN2/c1-8-9(2)17(7-6-12(8)16)13-10(14)4-3-5-11(13)15/h3-5,8-9,12H,6-7,16H2,1-2H3. The zero-order valence-corrected chi connectivity index (χ0v) is 11.7. The van der Waals surface area contributed by atoms with Gasteiger partial charge in [-0.15, -0.1) is 0 Å². The van der Waals surface area contributed by atoms with Crippen molar-refractivity contribution in [1.82, 2.24) is 0 Å². The van der Waals surface area contributed by atoms with Gasteiger partial charge in [-0.3, -0.25) is 0 Å². The molecular formula is C13H18BrFN2. The second kappa shape index (κ2) is 4.94. The number of nitrogens with zero attached hydrogens (tertiary/aromatic N) is 1. The van der Waals surface area contributed by atoms with Crippen molar-refractivity contribution in [1.29, 1.82) is 0 Å². The maximum Gasteiger partial charge on any atom is 0.147 e. The molecule has 0 spiro atoms. The first-order chi connectivity index (χ1) is 8.02. The van der Waals surface area contributed by atoms with Crippen LogP contribution in [0.4, 0.5) is 10.1 Å². The Hall–Kier alpha value is -0.610. The van der Waals surface area contributed by atoms with Gasteiger partial charge in [-0.25, -0.2) is 4.39 Å². The molecule has 3 unspecified atom stereocenters. The first kappa shape index (κ1) is 12.8. The highest BCUT2D eigenvalue weighted by atomic mass is 79.9. The van der Waals surface area contributed by atoms with Crippen molar-refractivity contribution < 1.29 is 4.39 Å². The smallest absolute Gasteiger partial charge is 0.147 e. The lowest BCUT2D eigenvalue weighted by atomic mass is 9.87. The Bertz CT molecular complexity index is 390. The van der Waals surface area contributed by atoms with Crippen molar-refractivity contribution in [3.8, 4) is 0 Å². The van der Waals surface area contributed by atoms with Crippen molar-refractivity contribution in [2.75, 3.05) is 11.4 Å². The van der Waals surface area contributed by atoms with Gasteiger partial charge in [-0.1, -0.05) is 13.0 Å². The van der Waals surface area contributed by atoms with E-state index in [2.05, 4.69) is 34.7 Å². The van der Waals surface area contributed by atoms with Crippen LogP contribution >= 0.6 is 15.9 Å². The Morgan fingerprint density at radius 1 is 1.41 bits per heavy atom. The first-order valence-corrected chi connectivity index (χ1v) is 6.78. The van der Waals surface area contributed by atoms with Gasteiger partial charge < -0.3 is 10.6 Å². The van der Waals surface area contributed by atoms with Gasteiger partial charge in [0.2, 0.25) is 0 Å². The molecule has 1 fully saturated rings. The molecule has 2 rings (SSSR count). The summed E-state index contributed by atoms with van der Waals surface area (Å²) in [4.78, 5) is 2.12. The summed E-state index contributed by atoms with van der Waals surface area (Å²) >= 11 is 3.43. The van der Waals surface area contributed by atoms with Crippen molar-refractivity contribution in [2.45, 2.75) is 32.4 Å². The number of anilines is 1. The van der Waals surface area contributed by atoms with Crippen molar-refractivity contribution in [3.05, 3.63) is 28.5 Å². The van der Waals surface area contributed by atoms with Gasteiger partial charge in [-0.05, 0) is 47.3 Å². The van der Waals surface area contributed by atoms with Gasteiger partial charge in [0.25, 0.3) is 0 Å². The molecule has 1 aliphatic rings. The lowest BCUT2D eigenvalue weighted by molar-refractivity contribution is 0.313. The van der Waals surface area contributed by atoms with Gasteiger partial charge in [0.1, 0.15) is 5.82 Å². The Morgan fingerprint density at radius 3 is 2.76 bits per heavy atom. The van der Waals surface area contributed by atoms with Gasteiger partial charge in [0.15, 0.2) is 0 Å². The summed E-state index contributed by atoms with van der Waals surface area (Å²) in [7, 11) is 0. The summed E-state index contributed by atoms with van der Waals surface area (Å²) in [6.07, 6.45) is 0.909. The molecule has 0 radical (unpaired) electrons. The van der Waals surface area contributed by atoms with Crippen LogP contribution in [0, 0.1) is 11.7 Å². The molecular weight excluding hydrogens is 283 g/mol. The molecule has 0 aliphatic carbocycles. The molecule has 1 aromatic rings. The molecule has 94 valence electrons. The van der Waals surface area contributed by atoms with E-state index in [0.29, 0.717) is 11.6 Å². The van der Waals surface area contributed by atoms with Crippen LogP contribution in [0.25, 0.3) is 0 Å². The largest absolute Gasteiger partial charge is 0.365 e. The molecule has 1 aliphatic heterocycles. The van der Waals surface area contributed by atoms with Crippen LogP contribution in [0.1, 0.15) is 20.3 Å². The predicted octanol–water partition coefficient (Wildman–Crippen LogP) is 3.15. The van der Waals surface area contributed by atoms with Crippen molar-refractivity contribution in [3.63, 3.8) is 0 Å². The zero-order valence-electron chi connectivity index (χ0n) is 10.2. The van der Waals surface area contributed by atoms with E-state index >= 15 is 0 Å². The molecule has 2 nitrogen and oxygen atoms in total. The van der Waals surface area contributed by atoms with E-state index in [1.54, 1.807) is 6.07 Å². The lowest BCUT2D eigenvalue weighted by Crippen LogP contribution is -2.52. The van der Waals surface area contributed by atoms with Crippen LogP contribution in [0.2, 0.25) is 0 Å². The van der Waals surface area contributed by atoms with Crippen LogP contribution in [0.5, 0.6) is 0 Å². The molecule has 2 N–H and O–H groups in total. The average Bonchev–Trinajstić information content (AvgIpc) is 2.29. The Morgan fingerprint density at radius 2 is 2.12 bits per heavy atom. The van der Waals surface area contributed by atoms with Gasteiger partial charge in [0.05, 0.1) is 5.69 Å². The highest BCUT2D eigenvalue weighted by Crippen LogP contribution is 2.35. The first-order valence-electron chi connectivity index (χ1n) is 5.98. The van der Waals surface area contributed by atoms with Crippen LogP contribution in [-0.2, 0) is 0 Å². The molecule has 0 amide bonds. The van der Waals surface area contributed by atoms with Crippen LogP contribution < -0.4 is 10.6 Å². The second-order valence-corrected chi connectivity index (χ2v) is 5.67. The third kappa shape index (κ3) is 2.33. The minimum absolute atomic E-state index is 0.172. The number of rotatable bonds is 1. The molecule has 0 aromatic heterocycles. The summed E-state index contributed by atoms with van der Waals surface area (Å²) in [5.74, 6) is 0.198. The molecule has 1 aromatic carbocycles. The summed E-state index contributed by atoms with van der Waals surface area (Å²) < 4.78 is 14.7. The van der Waals surface area contributed by atoms with E-state index in [4.69, 9.17) is 5.73 Å². The third-order valence-electron chi connectivity index (χ3n) is 3.86. The third-order valence-corrected chi connectivity index (χ3v) is 4.50. The van der Waals surface area contributed by atoms with E-state index in [9.17, 15) is 4.39 Å². The van der Waals surface area contributed by atoms with E-state index < -0.39 is 0 Å². The normalized spacial score (nSPS) is 29.5. The van der Waals surface area contributed by atoms with Gasteiger partial charge in [-0.2, -0.15) is 0 Å². The van der Waals surface area contributed by atoms with Crippen LogP contribution in [-0.4, -0.2) is 18.6 Å². The molecule has 1 saturated heterocycles. The van der Waals surface area contributed by atoms with Crippen LogP contribution in [0.15, 0.2) is 22.7 Å². The molecule has 0 saturated carbocycles. The highest BCUT2D eigenvalue weighted by Gasteiger charge is 2.32. The topological polar surface area (TPSA) is 29.3 Å². The molecule has 17 heavy (non-hydrogen) atoms. The Kier molecular flexibility index (Phi) is 3.73. The minimum Gasteiger partial charge on any atom is -0.365 e. The molecule has 1 heterocycles. The summed E-state index contributed by atoms with van der Waals surface area (Å²) in [5.41, 5.74) is 6.72. The SMILES string of the molecule is CC1C(N)CCN(c2c(F)cccc2Br)C1C. The average molecular weight is 301 g/mol. The summed E-state index contributed by atoms with van der Waals surface area (Å²) in [5, 5.41) is 0. The number of hydrogen-bond acceptors (Lipinski definition) is 2. The van der Waals surface area contributed by atoms with Crippen LogP contribution in [0.3, 0.4) is 0 Å². The fraction of sp³-hybridized carbons (Fsp3) is 0.538. The number of benzene rings is 1.